The number of furan rings is 2. The van der Waals surface area contributed by atoms with Crippen LogP contribution in [0.3, 0.4) is 0 Å². The standard InChI is InChI=1S/C57H46N2O2/c1-33-14-20-44(21-15-33)58(54-35(3)10-8-11-36(54)4)46-24-18-40-29-48-49-26-39(7)53-50-30-41-19-25-47(59(45-22-16-34(2)17-23-45)55-37(5)12-9-13-38(55)6)28-43(41)32-52(50)61-57(53)56(49)60-51(48)31-42(40)27-46/h8-32H,1-7H3. The summed E-state index contributed by atoms with van der Waals surface area (Å²) < 4.78 is 13.7. The first-order chi connectivity index (χ1) is 29.6. The summed E-state index contributed by atoms with van der Waals surface area (Å²) in [6.07, 6.45) is 0. The molecule has 0 unspecified atom stereocenters. The van der Waals surface area contributed by atoms with Crippen molar-refractivity contribution >= 4 is 99.5 Å². The van der Waals surface area contributed by atoms with Gasteiger partial charge in [-0.15, -0.1) is 0 Å². The predicted octanol–water partition coefficient (Wildman–Crippen LogP) is 16.9. The maximum atomic E-state index is 6.87. The molecule has 0 N–H and O–H groups in total. The van der Waals surface area contributed by atoms with Crippen LogP contribution < -0.4 is 9.80 Å². The summed E-state index contributed by atoms with van der Waals surface area (Å²) >= 11 is 0. The molecular formula is C57H46N2O2. The Hall–Kier alpha value is -7.30. The van der Waals surface area contributed by atoms with Crippen molar-refractivity contribution in [3.05, 3.63) is 191 Å². The molecule has 11 rings (SSSR count). The van der Waals surface area contributed by atoms with Gasteiger partial charge in [0.2, 0.25) is 0 Å². The summed E-state index contributed by atoms with van der Waals surface area (Å²) in [5.41, 5.74) is 18.7. The Labute approximate surface area is 355 Å². The van der Waals surface area contributed by atoms with E-state index in [9.17, 15) is 0 Å². The molecule has 11 aromatic rings. The first-order valence-corrected chi connectivity index (χ1v) is 21.2. The van der Waals surface area contributed by atoms with Crippen molar-refractivity contribution in [2.24, 2.45) is 0 Å². The van der Waals surface area contributed by atoms with Gasteiger partial charge < -0.3 is 18.6 Å². The Balaban J connectivity index is 1.05. The number of para-hydroxylation sites is 2. The minimum atomic E-state index is 0.782. The summed E-state index contributed by atoms with van der Waals surface area (Å²) in [7, 11) is 0. The number of hydrogen-bond acceptors (Lipinski definition) is 4. The van der Waals surface area contributed by atoms with E-state index >= 15 is 0 Å². The Kier molecular flexibility index (Phi) is 8.37. The molecule has 0 atom stereocenters. The highest BCUT2D eigenvalue weighted by Gasteiger charge is 2.22. The lowest BCUT2D eigenvalue weighted by Crippen LogP contribution is -2.12. The van der Waals surface area contributed by atoms with Crippen LogP contribution in [0.2, 0.25) is 0 Å². The van der Waals surface area contributed by atoms with Gasteiger partial charge in [0, 0.05) is 44.3 Å². The summed E-state index contributed by atoms with van der Waals surface area (Å²) in [6.45, 7) is 15.2. The third kappa shape index (κ3) is 5.96. The molecule has 296 valence electrons. The van der Waals surface area contributed by atoms with Crippen LogP contribution in [0.4, 0.5) is 34.1 Å². The van der Waals surface area contributed by atoms with Crippen molar-refractivity contribution < 1.29 is 8.83 Å². The smallest absolute Gasteiger partial charge is 0.178 e. The van der Waals surface area contributed by atoms with Crippen LogP contribution in [0.15, 0.2) is 160 Å². The van der Waals surface area contributed by atoms with Crippen molar-refractivity contribution in [1.29, 1.82) is 0 Å². The fraction of sp³-hybridized carbons (Fsp3) is 0.123. The molecule has 4 heteroatoms. The highest BCUT2D eigenvalue weighted by atomic mass is 16.4. The largest absolute Gasteiger partial charge is 0.452 e. The third-order valence-electron chi connectivity index (χ3n) is 12.7. The Morgan fingerprint density at radius 2 is 0.754 bits per heavy atom. The Bertz CT molecular complexity index is 3510. The second-order valence-electron chi connectivity index (χ2n) is 17.1. The highest BCUT2D eigenvalue weighted by Crippen LogP contribution is 2.46. The van der Waals surface area contributed by atoms with E-state index in [0.29, 0.717) is 0 Å². The molecule has 0 aliphatic carbocycles. The lowest BCUT2D eigenvalue weighted by atomic mass is 9.99. The molecule has 0 aliphatic rings. The zero-order valence-corrected chi connectivity index (χ0v) is 35.6. The molecule has 0 radical (unpaired) electrons. The first-order valence-electron chi connectivity index (χ1n) is 21.2. The third-order valence-corrected chi connectivity index (χ3v) is 12.7. The number of nitrogens with zero attached hydrogens (tertiary/aromatic N) is 2. The molecule has 0 saturated heterocycles. The van der Waals surface area contributed by atoms with Crippen molar-refractivity contribution in [1.82, 2.24) is 0 Å². The van der Waals surface area contributed by atoms with E-state index < -0.39 is 0 Å². The molecular weight excluding hydrogens is 745 g/mol. The number of anilines is 6. The van der Waals surface area contributed by atoms with E-state index in [4.69, 9.17) is 8.83 Å². The van der Waals surface area contributed by atoms with Crippen LogP contribution in [-0.4, -0.2) is 0 Å². The topological polar surface area (TPSA) is 32.8 Å². The number of benzene rings is 9. The van der Waals surface area contributed by atoms with Gasteiger partial charge in [0.1, 0.15) is 11.2 Å². The van der Waals surface area contributed by atoms with Gasteiger partial charge in [-0.3, -0.25) is 0 Å². The molecule has 4 nitrogen and oxygen atoms in total. The normalized spacial score (nSPS) is 11.9. The van der Waals surface area contributed by atoms with E-state index in [0.717, 1.165) is 88.2 Å². The zero-order chi connectivity index (χ0) is 41.7. The molecule has 0 bridgehead atoms. The minimum Gasteiger partial charge on any atom is -0.452 e. The number of fused-ring (bicyclic) bond motifs is 9. The van der Waals surface area contributed by atoms with Crippen LogP contribution >= 0.6 is 0 Å². The van der Waals surface area contributed by atoms with Gasteiger partial charge in [-0.05, 0) is 177 Å². The average Bonchev–Trinajstić information content (AvgIpc) is 3.80. The van der Waals surface area contributed by atoms with Crippen LogP contribution in [0.25, 0.3) is 65.4 Å². The molecule has 0 spiro atoms. The van der Waals surface area contributed by atoms with E-state index in [-0.39, 0.29) is 0 Å². The molecule has 0 aliphatic heterocycles. The van der Waals surface area contributed by atoms with Crippen LogP contribution in [0.5, 0.6) is 0 Å². The fourth-order valence-corrected chi connectivity index (χ4v) is 9.62. The van der Waals surface area contributed by atoms with Crippen LogP contribution in [0.1, 0.15) is 38.9 Å². The lowest BCUT2D eigenvalue weighted by Gasteiger charge is -2.29. The van der Waals surface area contributed by atoms with Crippen molar-refractivity contribution in [3.8, 4) is 0 Å². The van der Waals surface area contributed by atoms with E-state index in [2.05, 4.69) is 210 Å². The van der Waals surface area contributed by atoms with Gasteiger partial charge in [-0.2, -0.15) is 0 Å². The van der Waals surface area contributed by atoms with Gasteiger partial charge in [-0.25, -0.2) is 0 Å². The van der Waals surface area contributed by atoms with Gasteiger partial charge in [0.15, 0.2) is 11.2 Å². The summed E-state index contributed by atoms with van der Waals surface area (Å²) in [6, 6.07) is 55.4. The summed E-state index contributed by atoms with van der Waals surface area (Å²) in [5, 5.41) is 8.90. The predicted molar refractivity (Wildman–Crippen MR) is 259 cm³/mol. The second kappa shape index (κ2) is 13.9. The maximum absolute atomic E-state index is 6.87. The monoisotopic (exact) mass is 790 g/mol. The number of aryl methyl sites for hydroxylation is 7. The quantitative estimate of drug-likeness (QED) is 0.168. The maximum Gasteiger partial charge on any atom is 0.178 e. The highest BCUT2D eigenvalue weighted by molar-refractivity contribution is 6.22. The number of rotatable bonds is 6. The molecule has 2 heterocycles. The first kappa shape index (κ1) is 36.8. The minimum absolute atomic E-state index is 0.782. The van der Waals surface area contributed by atoms with Crippen molar-refractivity contribution in [2.75, 3.05) is 9.80 Å². The molecule has 9 aromatic carbocycles. The molecule has 0 saturated carbocycles. The average molecular weight is 791 g/mol. The van der Waals surface area contributed by atoms with E-state index in [1.807, 2.05) is 0 Å². The second-order valence-corrected chi connectivity index (χ2v) is 17.1. The number of hydrogen-bond donors (Lipinski definition) is 0. The Morgan fingerprint density at radius 1 is 0.328 bits per heavy atom. The van der Waals surface area contributed by atoms with Gasteiger partial charge in [-0.1, -0.05) is 83.9 Å². The molecule has 61 heavy (non-hydrogen) atoms. The molecule has 0 amide bonds. The SMILES string of the molecule is Cc1ccc(N(c2ccc3cc4c(cc3c2)oc2c4cc(C)c3c4cc5ccc(N(c6ccc(C)cc6)c6c(C)cccc6C)cc5cc4oc23)c2c(C)cccc2C)cc1. The van der Waals surface area contributed by atoms with E-state index in [1.165, 1.54) is 50.3 Å². The lowest BCUT2D eigenvalue weighted by molar-refractivity contribution is 0.633. The van der Waals surface area contributed by atoms with Crippen LogP contribution in [-0.2, 0) is 0 Å². The fourth-order valence-electron chi connectivity index (χ4n) is 9.62. The molecule has 2 aromatic heterocycles. The van der Waals surface area contributed by atoms with E-state index in [1.54, 1.807) is 0 Å². The van der Waals surface area contributed by atoms with Gasteiger partial charge in [0.25, 0.3) is 0 Å². The summed E-state index contributed by atoms with van der Waals surface area (Å²) in [4.78, 5) is 4.76. The van der Waals surface area contributed by atoms with Crippen LogP contribution in [0, 0.1) is 48.5 Å². The van der Waals surface area contributed by atoms with Crippen molar-refractivity contribution in [3.63, 3.8) is 0 Å². The Morgan fingerprint density at radius 3 is 1.25 bits per heavy atom. The van der Waals surface area contributed by atoms with Crippen molar-refractivity contribution in [2.45, 2.75) is 48.5 Å². The zero-order valence-electron chi connectivity index (χ0n) is 35.6. The van der Waals surface area contributed by atoms with Gasteiger partial charge in [0.05, 0.1) is 11.4 Å². The molecule has 0 fully saturated rings. The summed E-state index contributed by atoms with van der Waals surface area (Å²) in [5.74, 6) is 0. The van der Waals surface area contributed by atoms with Gasteiger partial charge >= 0.3 is 0 Å².